The number of methoxy groups -OCH3 is 1. The maximum absolute atomic E-state index is 12.7. The topological polar surface area (TPSA) is 109 Å². The molecule has 0 fully saturated rings. The van der Waals surface area contributed by atoms with E-state index in [9.17, 15) is 17.8 Å². The van der Waals surface area contributed by atoms with Crippen LogP contribution in [-0.2, 0) is 15.9 Å². The molecule has 0 N–H and O–H groups in total. The van der Waals surface area contributed by atoms with E-state index in [1.807, 2.05) is 0 Å². The zero-order valence-corrected chi connectivity index (χ0v) is 17.1. The van der Waals surface area contributed by atoms with Crippen molar-refractivity contribution in [1.29, 1.82) is 0 Å². The van der Waals surface area contributed by atoms with Gasteiger partial charge in [0.25, 0.3) is 0 Å². The van der Waals surface area contributed by atoms with Crippen LogP contribution in [0.1, 0.15) is 21.5 Å². The zero-order valence-electron chi connectivity index (χ0n) is 13.4. The number of hydrogen-bond acceptors (Lipinski definition) is 8. The number of rotatable bonds is 5. The maximum atomic E-state index is 12.7. The van der Waals surface area contributed by atoms with Crippen LogP contribution in [0.25, 0.3) is 11.0 Å². The molecule has 0 amide bonds. The van der Waals surface area contributed by atoms with Crippen molar-refractivity contribution in [3.63, 3.8) is 0 Å². The summed E-state index contributed by atoms with van der Waals surface area (Å²) in [5, 5.41) is 0. The van der Waals surface area contributed by atoms with E-state index in [0.717, 1.165) is 11.7 Å². The van der Waals surface area contributed by atoms with Gasteiger partial charge in [-0.1, -0.05) is 0 Å². The first-order valence-corrected chi connectivity index (χ1v) is 9.05. The molecule has 124 valence electrons. The maximum Gasteiger partial charge on any atom is 1.00 e. The van der Waals surface area contributed by atoms with Gasteiger partial charge < -0.3 is 9.29 Å². The van der Waals surface area contributed by atoms with Gasteiger partial charge in [-0.05, 0) is 42.0 Å². The molecule has 0 bridgehead atoms. The van der Waals surface area contributed by atoms with Gasteiger partial charge in [0.1, 0.15) is 16.8 Å². The first-order chi connectivity index (χ1) is 11.4. The third-order valence-electron chi connectivity index (χ3n) is 3.41. The van der Waals surface area contributed by atoms with Gasteiger partial charge in [0, 0.05) is 11.1 Å². The summed E-state index contributed by atoms with van der Waals surface area (Å²) in [5.41, 5.74) is 1.52. The molecule has 3 aromatic rings. The smallest absolute Gasteiger partial charge is 0.748 e. The molecule has 7 nitrogen and oxygen atoms in total. The number of ether oxygens (including phenoxy) is 1. The van der Waals surface area contributed by atoms with Crippen LogP contribution >= 0.6 is 11.7 Å². The van der Waals surface area contributed by atoms with Gasteiger partial charge in [0.05, 0.1) is 34.7 Å². The number of ketones is 1. The minimum atomic E-state index is -4.54. The summed E-state index contributed by atoms with van der Waals surface area (Å²) >= 11 is 0.945. The zero-order chi connectivity index (χ0) is 17.3. The number of fused-ring (bicyclic) bond motifs is 1. The van der Waals surface area contributed by atoms with Crippen LogP contribution in [0.15, 0.2) is 36.4 Å². The molecule has 1 heterocycles. The molecular formula is C15H11N2NaO5S2. The summed E-state index contributed by atoms with van der Waals surface area (Å²) in [4.78, 5) is 12.7. The number of carbonyl (C=O) groups is 1. The normalized spacial score (nSPS) is 11.1. The Morgan fingerprint density at radius 3 is 2.32 bits per heavy atom. The Morgan fingerprint density at radius 2 is 1.76 bits per heavy atom. The minimum Gasteiger partial charge on any atom is -0.748 e. The standard InChI is InChI=1S/C15H12N2O5S2.Na/c1-22-11-4-2-9(3-5-11)15(18)12-7-14-13(16-23-17-14)6-10(12)8-24(19,20)21;/h2-7H,8H2,1H3,(H,19,20,21);/q;+1/p-1. The van der Waals surface area contributed by atoms with Gasteiger partial charge in [-0.15, -0.1) is 0 Å². The summed E-state index contributed by atoms with van der Waals surface area (Å²) in [6.07, 6.45) is 0. The van der Waals surface area contributed by atoms with Crippen molar-refractivity contribution in [2.45, 2.75) is 5.75 Å². The molecule has 0 aliphatic carbocycles. The van der Waals surface area contributed by atoms with E-state index >= 15 is 0 Å². The van der Waals surface area contributed by atoms with Crippen molar-refractivity contribution >= 4 is 38.7 Å². The van der Waals surface area contributed by atoms with E-state index in [1.165, 1.54) is 19.2 Å². The van der Waals surface area contributed by atoms with Crippen LogP contribution in [0.2, 0.25) is 0 Å². The van der Waals surface area contributed by atoms with Gasteiger partial charge >= 0.3 is 29.6 Å². The van der Waals surface area contributed by atoms with E-state index < -0.39 is 21.7 Å². The SMILES string of the molecule is COc1ccc(C(=O)c2cc3nsnc3cc2CS(=O)(=O)[O-])cc1.[Na+]. The van der Waals surface area contributed by atoms with E-state index in [2.05, 4.69) is 8.75 Å². The largest absolute Gasteiger partial charge is 1.00 e. The third-order valence-corrected chi connectivity index (χ3v) is 4.63. The number of carbonyl (C=O) groups excluding carboxylic acids is 1. The molecule has 0 unspecified atom stereocenters. The van der Waals surface area contributed by atoms with Crippen LogP contribution in [0.3, 0.4) is 0 Å². The molecule has 0 spiro atoms. The second-order valence-corrected chi connectivity index (χ2v) is 6.95. The average Bonchev–Trinajstić information content (AvgIpc) is 2.99. The Labute approximate surface area is 170 Å². The number of hydrogen-bond donors (Lipinski definition) is 0. The third kappa shape index (κ3) is 4.63. The van der Waals surface area contributed by atoms with Gasteiger partial charge in [-0.3, -0.25) is 4.79 Å². The van der Waals surface area contributed by atoms with E-state index in [4.69, 9.17) is 4.74 Å². The second kappa shape index (κ2) is 7.90. The monoisotopic (exact) mass is 386 g/mol. The quantitative estimate of drug-likeness (QED) is 0.314. The molecule has 0 saturated carbocycles. The van der Waals surface area contributed by atoms with Crippen molar-refractivity contribution in [3.8, 4) is 5.75 Å². The van der Waals surface area contributed by atoms with Gasteiger partial charge in [-0.2, -0.15) is 8.75 Å². The van der Waals surface area contributed by atoms with E-state index in [-0.39, 0.29) is 40.7 Å². The Morgan fingerprint density at radius 1 is 1.16 bits per heavy atom. The van der Waals surface area contributed by atoms with Crippen LogP contribution in [0.5, 0.6) is 5.75 Å². The van der Waals surface area contributed by atoms with E-state index in [1.54, 1.807) is 24.3 Å². The fourth-order valence-corrected chi connectivity index (χ4v) is 3.42. The fourth-order valence-electron chi connectivity index (χ4n) is 2.29. The number of aromatic nitrogens is 2. The molecule has 10 heteroatoms. The second-order valence-electron chi connectivity index (χ2n) is 5.02. The van der Waals surface area contributed by atoms with Crippen LogP contribution in [0.4, 0.5) is 0 Å². The van der Waals surface area contributed by atoms with Crippen molar-refractivity contribution in [3.05, 3.63) is 53.1 Å². The Kier molecular flexibility index (Phi) is 6.30. The summed E-state index contributed by atoms with van der Waals surface area (Å²) in [6, 6.07) is 9.28. The van der Waals surface area contributed by atoms with Crippen molar-refractivity contribution < 1.29 is 52.1 Å². The summed E-state index contributed by atoms with van der Waals surface area (Å²) < 4.78 is 46.6. The van der Waals surface area contributed by atoms with Crippen molar-refractivity contribution in [2.24, 2.45) is 0 Å². The van der Waals surface area contributed by atoms with Crippen molar-refractivity contribution in [1.82, 2.24) is 8.75 Å². The van der Waals surface area contributed by atoms with Crippen LogP contribution < -0.4 is 34.3 Å². The van der Waals surface area contributed by atoms with Gasteiger partial charge in [-0.25, -0.2) is 8.42 Å². The molecule has 25 heavy (non-hydrogen) atoms. The Hall–Kier alpha value is -1.36. The number of benzene rings is 2. The minimum absolute atomic E-state index is 0. The van der Waals surface area contributed by atoms with Crippen LogP contribution in [0, 0.1) is 0 Å². The Bertz CT molecular complexity index is 1020. The number of nitrogens with zero attached hydrogens (tertiary/aromatic N) is 2. The molecule has 3 rings (SSSR count). The molecule has 0 aliphatic heterocycles. The van der Waals surface area contributed by atoms with Crippen molar-refractivity contribution in [2.75, 3.05) is 7.11 Å². The van der Waals surface area contributed by atoms with Gasteiger partial charge in [0.2, 0.25) is 0 Å². The predicted octanol–water partition coefficient (Wildman–Crippen LogP) is -1.02. The summed E-state index contributed by atoms with van der Waals surface area (Å²) in [7, 11) is -3.03. The molecule has 0 saturated heterocycles. The first kappa shape index (κ1) is 20.0. The molecule has 2 aromatic carbocycles. The molecule has 1 aromatic heterocycles. The van der Waals surface area contributed by atoms with Crippen LogP contribution in [-0.4, -0.2) is 34.6 Å². The fraction of sp³-hybridized carbons (Fsp3) is 0.133. The predicted molar refractivity (Wildman–Crippen MR) is 87.2 cm³/mol. The summed E-state index contributed by atoms with van der Waals surface area (Å²) in [6.45, 7) is 0. The molecule has 0 radical (unpaired) electrons. The van der Waals surface area contributed by atoms with E-state index in [0.29, 0.717) is 22.3 Å². The molecular weight excluding hydrogens is 375 g/mol. The first-order valence-electron chi connectivity index (χ1n) is 6.75. The van der Waals surface area contributed by atoms with Gasteiger partial charge in [0.15, 0.2) is 5.78 Å². The molecule has 0 atom stereocenters. The Balaban J connectivity index is 0.00000225. The average molecular weight is 386 g/mol. The molecule has 0 aliphatic rings. The summed E-state index contributed by atoms with van der Waals surface area (Å²) in [5.74, 6) is -0.586.